The Morgan fingerprint density at radius 1 is 1.15 bits per heavy atom. The van der Waals surface area contributed by atoms with Crippen LogP contribution < -0.4 is 10.1 Å². The van der Waals surface area contributed by atoms with E-state index in [4.69, 9.17) is 4.74 Å². The molecule has 0 bridgehead atoms. The maximum Gasteiger partial charge on any atom is 0.416 e. The average molecular weight is 381 g/mol. The highest BCUT2D eigenvalue weighted by atomic mass is 19.4. The molecule has 0 aliphatic heterocycles. The second-order valence-electron chi connectivity index (χ2n) is 5.95. The van der Waals surface area contributed by atoms with Gasteiger partial charge in [-0.15, -0.1) is 0 Å². The lowest BCUT2D eigenvalue weighted by atomic mass is 10.0. The molecule has 0 fully saturated rings. The van der Waals surface area contributed by atoms with Crippen LogP contribution in [-0.2, 0) is 17.4 Å². The van der Waals surface area contributed by atoms with Crippen LogP contribution in [0.1, 0.15) is 36.1 Å². The molecule has 2 rings (SSSR count). The summed E-state index contributed by atoms with van der Waals surface area (Å²) in [6.07, 6.45) is -5.44. The summed E-state index contributed by atoms with van der Waals surface area (Å²) in [6, 6.07) is 12.1. The zero-order valence-corrected chi connectivity index (χ0v) is 14.9. The molecule has 0 aliphatic rings. The molecule has 0 radical (unpaired) electrons. The Kier molecular flexibility index (Phi) is 7.24. The largest absolute Gasteiger partial charge is 0.494 e. The molecule has 2 N–H and O–H groups in total. The zero-order chi connectivity index (χ0) is 19.9. The Balaban J connectivity index is 1.91. The van der Waals surface area contributed by atoms with Crippen molar-refractivity contribution >= 4 is 5.91 Å². The number of carbonyl (C=O) groups is 1. The smallest absolute Gasteiger partial charge is 0.416 e. The number of carbonyl (C=O) groups excluding carboxylic acids is 1. The molecule has 0 heterocycles. The summed E-state index contributed by atoms with van der Waals surface area (Å²) in [7, 11) is 0. The van der Waals surface area contributed by atoms with Crippen LogP contribution in [0.2, 0.25) is 0 Å². The van der Waals surface area contributed by atoms with Crippen molar-refractivity contribution in [2.75, 3.05) is 13.2 Å². The van der Waals surface area contributed by atoms with Crippen LogP contribution in [0, 0.1) is 0 Å². The second kappa shape index (κ2) is 9.41. The molecule has 1 amide bonds. The number of hydrogen-bond acceptors (Lipinski definition) is 3. The highest BCUT2D eigenvalue weighted by molar-refractivity contribution is 5.76. The van der Waals surface area contributed by atoms with Gasteiger partial charge in [0.1, 0.15) is 5.75 Å². The van der Waals surface area contributed by atoms with Gasteiger partial charge in [-0.05, 0) is 36.6 Å². The molecule has 27 heavy (non-hydrogen) atoms. The summed E-state index contributed by atoms with van der Waals surface area (Å²) in [4.78, 5) is 12.0. The third-order valence-corrected chi connectivity index (χ3v) is 4.01. The number of amides is 1. The molecule has 0 spiro atoms. The predicted molar refractivity (Wildman–Crippen MR) is 95.3 cm³/mol. The van der Waals surface area contributed by atoms with Gasteiger partial charge in [-0.2, -0.15) is 13.2 Å². The van der Waals surface area contributed by atoms with Gasteiger partial charge in [0.25, 0.3) is 0 Å². The van der Waals surface area contributed by atoms with E-state index in [-0.39, 0.29) is 24.4 Å². The van der Waals surface area contributed by atoms with Crippen molar-refractivity contribution in [2.24, 2.45) is 0 Å². The van der Waals surface area contributed by atoms with Gasteiger partial charge in [-0.25, -0.2) is 0 Å². The van der Waals surface area contributed by atoms with E-state index < -0.39 is 17.8 Å². The van der Waals surface area contributed by atoms with Crippen LogP contribution in [0.25, 0.3) is 0 Å². The topological polar surface area (TPSA) is 58.6 Å². The van der Waals surface area contributed by atoms with E-state index in [0.29, 0.717) is 18.8 Å². The third-order valence-electron chi connectivity index (χ3n) is 4.01. The number of aliphatic hydroxyl groups is 1. The lowest BCUT2D eigenvalue weighted by Crippen LogP contribution is -2.29. The number of rotatable bonds is 8. The van der Waals surface area contributed by atoms with Gasteiger partial charge in [0.15, 0.2) is 0 Å². The molecule has 0 saturated heterocycles. The van der Waals surface area contributed by atoms with Crippen LogP contribution in [-0.4, -0.2) is 24.2 Å². The number of benzene rings is 2. The molecule has 146 valence electrons. The van der Waals surface area contributed by atoms with Gasteiger partial charge in [-0.3, -0.25) is 4.79 Å². The van der Waals surface area contributed by atoms with Crippen molar-refractivity contribution < 1.29 is 27.8 Å². The molecule has 2 aromatic rings. The highest BCUT2D eigenvalue weighted by Crippen LogP contribution is 2.34. The SMILES string of the molecule is CCOc1ccccc1CCC(=O)NCC(O)c1ccccc1C(F)(F)F. The summed E-state index contributed by atoms with van der Waals surface area (Å²) < 4.78 is 44.5. The second-order valence-corrected chi connectivity index (χ2v) is 5.95. The molecule has 7 heteroatoms. The first kappa shape index (κ1) is 20.8. The number of para-hydroxylation sites is 1. The van der Waals surface area contributed by atoms with Gasteiger partial charge in [0.05, 0.1) is 18.3 Å². The number of hydrogen-bond donors (Lipinski definition) is 2. The van der Waals surface area contributed by atoms with E-state index in [1.54, 1.807) is 0 Å². The number of halogens is 3. The number of nitrogens with one attached hydrogen (secondary N) is 1. The maximum atomic E-state index is 13.0. The minimum atomic E-state index is -4.56. The van der Waals surface area contributed by atoms with E-state index >= 15 is 0 Å². The summed E-state index contributed by atoms with van der Waals surface area (Å²) >= 11 is 0. The predicted octanol–water partition coefficient (Wildman–Crippen LogP) is 3.89. The van der Waals surface area contributed by atoms with Crippen molar-refractivity contribution in [2.45, 2.75) is 32.0 Å². The van der Waals surface area contributed by atoms with Crippen molar-refractivity contribution in [3.63, 3.8) is 0 Å². The van der Waals surface area contributed by atoms with Crippen molar-refractivity contribution in [3.8, 4) is 5.75 Å². The van der Waals surface area contributed by atoms with Crippen molar-refractivity contribution in [1.82, 2.24) is 5.32 Å². The number of ether oxygens (including phenoxy) is 1. The lowest BCUT2D eigenvalue weighted by Gasteiger charge is -2.18. The molecular formula is C20H22F3NO3. The van der Waals surface area contributed by atoms with Gasteiger partial charge in [-0.1, -0.05) is 36.4 Å². The standard InChI is InChI=1S/C20H22F3NO3/c1-2-27-18-10-6-3-7-14(18)11-12-19(26)24-13-17(25)15-8-4-5-9-16(15)20(21,22)23/h3-10,17,25H,2,11-13H2,1H3,(H,24,26). The van der Waals surface area contributed by atoms with Gasteiger partial charge >= 0.3 is 6.18 Å². The fourth-order valence-corrected chi connectivity index (χ4v) is 2.71. The molecule has 0 aromatic heterocycles. The fourth-order valence-electron chi connectivity index (χ4n) is 2.71. The van der Waals surface area contributed by atoms with Crippen LogP contribution in [0.3, 0.4) is 0 Å². The van der Waals surface area contributed by atoms with Gasteiger partial charge < -0.3 is 15.2 Å². The van der Waals surface area contributed by atoms with Crippen LogP contribution in [0.5, 0.6) is 5.75 Å². The zero-order valence-electron chi connectivity index (χ0n) is 14.9. The molecular weight excluding hydrogens is 359 g/mol. The first-order chi connectivity index (χ1) is 12.8. The van der Waals surface area contributed by atoms with Crippen molar-refractivity contribution in [3.05, 3.63) is 65.2 Å². The molecule has 1 atom stereocenters. The number of aryl methyl sites for hydroxylation is 1. The Bertz CT molecular complexity index is 762. The van der Waals surface area contributed by atoms with E-state index in [1.165, 1.54) is 18.2 Å². The molecule has 0 saturated carbocycles. The molecule has 2 aromatic carbocycles. The van der Waals surface area contributed by atoms with Gasteiger partial charge in [0.2, 0.25) is 5.91 Å². The Morgan fingerprint density at radius 2 is 1.81 bits per heavy atom. The monoisotopic (exact) mass is 381 g/mol. The van der Waals surface area contributed by atoms with Gasteiger partial charge in [0, 0.05) is 13.0 Å². The Hall–Kier alpha value is -2.54. The fraction of sp³-hybridized carbons (Fsp3) is 0.350. The van der Waals surface area contributed by atoms with Crippen LogP contribution in [0.15, 0.2) is 48.5 Å². The van der Waals surface area contributed by atoms with Crippen molar-refractivity contribution in [1.29, 1.82) is 0 Å². The average Bonchev–Trinajstić information content (AvgIpc) is 2.65. The third kappa shape index (κ3) is 5.99. The first-order valence-electron chi connectivity index (χ1n) is 8.64. The first-order valence-corrected chi connectivity index (χ1v) is 8.64. The summed E-state index contributed by atoms with van der Waals surface area (Å²) in [5.41, 5.74) is -0.290. The Morgan fingerprint density at radius 3 is 2.52 bits per heavy atom. The van der Waals surface area contributed by atoms with E-state index in [9.17, 15) is 23.1 Å². The summed E-state index contributed by atoms with van der Waals surface area (Å²) in [6.45, 7) is 2.08. The van der Waals surface area contributed by atoms with E-state index in [1.807, 2.05) is 31.2 Å². The normalized spacial score (nSPS) is 12.5. The number of aliphatic hydroxyl groups excluding tert-OH is 1. The number of alkyl halides is 3. The molecule has 4 nitrogen and oxygen atoms in total. The van der Waals surface area contributed by atoms with Crippen LogP contribution in [0.4, 0.5) is 13.2 Å². The highest BCUT2D eigenvalue weighted by Gasteiger charge is 2.34. The molecule has 0 aliphatic carbocycles. The Labute approximate surface area is 156 Å². The maximum absolute atomic E-state index is 13.0. The van der Waals surface area contributed by atoms with Crippen LogP contribution >= 0.6 is 0 Å². The lowest BCUT2D eigenvalue weighted by molar-refractivity contribution is -0.139. The minimum Gasteiger partial charge on any atom is -0.494 e. The van der Waals surface area contributed by atoms with E-state index in [2.05, 4.69) is 5.32 Å². The quantitative estimate of drug-likeness (QED) is 0.730. The molecule has 1 unspecified atom stereocenters. The summed E-state index contributed by atoms with van der Waals surface area (Å²) in [5, 5.41) is 12.6. The van der Waals surface area contributed by atoms with E-state index in [0.717, 1.165) is 11.6 Å². The summed E-state index contributed by atoms with van der Waals surface area (Å²) in [5.74, 6) is 0.344. The minimum absolute atomic E-state index is 0.137.